The average molecular weight is 1910 g/mol. The molecular weight excluding hydrogens is 1810 g/mol. The van der Waals surface area contributed by atoms with E-state index in [2.05, 4.69) is 77.4 Å². The first kappa shape index (κ1) is 99.7. The number of halogens is 1. The summed E-state index contributed by atoms with van der Waals surface area (Å²) in [7, 11) is 16.0. The van der Waals surface area contributed by atoms with Gasteiger partial charge in [0.05, 0.1) is 52.7 Å². The monoisotopic (exact) mass is 1910 g/mol. The Labute approximate surface area is 800 Å². The lowest BCUT2D eigenvalue weighted by atomic mass is 9.95. The van der Waals surface area contributed by atoms with Crippen LogP contribution >= 0.6 is 11.6 Å². The zero-order chi connectivity index (χ0) is 97.8. The third kappa shape index (κ3) is 22.6. The van der Waals surface area contributed by atoms with E-state index in [4.69, 9.17) is 11.6 Å². The van der Waals surface area contributed by atoms with E-state index in [1.165, 1.54) is 114 Å². The van der Waals surface area contributed by atoms with Gasteiger partial charge in [0.25, 0.3) is 41.4 Å². The minimum absolute atomic E-state index is 0. The molecule has 722 valence electrons. The summed E-state index contributed by atoms with van der Waals surface area (Å²) in [4.78, 5) is 231. The highest BCUT2D eigenvalue weighted by Crippen LogP contribution is 2.46. The maximum atomic E-state index is 14.1. The number of ketones is 6. The fraction of sp³-hybridized carbons (Fsp3) is 0.302. The number of benzene rings is 3. The van der Waals surface area contributed by atoms with Gasteiger partial charge in [-0.3, -0.25) is 71.9 Å². The molecule has 9 amide bonds. The lowest BCUT2D eigenvalue weighted by molar-refractivity contribution is -0.119. The third-order valence-corrected chi connectivity index (χ3v) is 23.5. The van der Waals surface area contributed by atoms with Gasteiger partial charge in [-0.25, -0.2) is 29.9 Å². The van der Waals surface area contributed by atoms with E-state index in [0.29, 0.717) is 68.6 Å². The summed E-state index contributed by atoms with van der Waals surface area (Å²) in [6, 6.07) is 22.7. The van der Waals surface area contributed by atoms with E-state index in [9.17, 15) is 77.0 Å². The van der Waals surface area contributed by atoms with Gasteiger partial charge in [0.15, 0.2) is 46.5 Å². The van der Waals surface area contributed by atoms with Crippen molar-refractivity contribution >= 4 is 161 Å². The van der Waals surface area contributed by atoms with E-state index < -0.39 is 47.1 Å². The number of carbonyl (C=O) groups excluding carboxylic acids is 15. The lowest BCUT2D eigenvalue weighted by Gasteiger charge is -2.17. The first-order valence-electron chi connectivity index (χ1n) is 43.5. The van der Waals surface area contributed by atoms with Gasteiger partial charge in [0.1, 0.15) is 34.4 Å². The number of imidazole rings is 6. The molecule has 11 aromatic heterocycles. The number of phenols is 1. The molecule has 0 saturated carbocycles. The number of rotatable bonds is 39. The van der Waals surface area contributed by atoms with Crippen molar-refractivity contribution in [3.05, 3.63) is 238 Å². The molecule has 42 nitrogen and oxygen atoms in total. The van der Waals surface area contributed by atoms with Crippen LogP contribution in [0.2, 0.25) is 0 Å². The number of aromatic amines is 1. The van der Waals surface area contributed by atoms with E-state index in [0.717, 1.165) is 21.9 Å². The predicted octanol–water partition coefficient (Wildman–Crippen LogP) is 9.53. The molecule has 3 aromatic carbocycles. The Morgan fingerprint density at radius 2 is 0.878 bits per heavy atom. The van der Waals surface area contributed by atoms with Gasteiger partial charge in [-0.15, -0.1) is 11.6 Å². The van der Waals surface area contributed by atoms with Crippen LogP contribution in [0.4, 0.5) is 40.3 Å². The second kappa shape index (κ2) is 42.0. The van der Waals surface area contributed by atoms with Crippen molar-refractivity contribution in [1.82, 2.24) is 91.2 Å². The summed E-state index contributed by atoms with van der Waals surface area (Å²) in [5.41, 5.74) is 6.83. The number of Topliss-reactive ketones (excluding diaryl/α,β-unsaturated/α-hetero) is 6. The van der Waals surface area contributed by atoms with Gasteiger partial charge in [-0.2, -0.15) is 0 Å². The summed E-state index contributed by atoms with van der Waals surface area (Å²) in [5.74, 6) is -6.16. The van der Waals surface area contributed by atoms with E-state index in [1.807, 2.05) is 42.5 Å². The number of aryl methyl sites for hydroxylation is 10. The van der Waals surface area contributed by atoms with Crippen LogP contribution < -0.4 is 47.4 Å². The van der Waals surface area contributed by atoms with E-state index in [-0.39, 0.29) is 232 Å². The molecule has 1 atom stereocenters. The van der Waals surface area contributed by atoms with Crippen LogP contribution in [0.3, 0.4) is 0 Å². The molecule has 0 aliphatic carbocycles. The largest absolute Gasteiger partial charge is 0.507 e. The normalized spacial score (nSPS) is 12.1. The Morgan fingerprint density at radius 3 is 1.46 bits per heavy atom. The molecule has 0 spiro atoms. The average Bonchev–Trinajstić information content (AvgIpc) is 1.60. The number of alkyl halides is 1. The van der Waals surface area contributed by atoms with Crippen molar-refractivity contribution in [2.45, 2.75) is 98.3 Å². The molecule has 43 heteroatoms. The molecule has 1 unspecified atom stereocenters. The topological polar surface area (TPSA) is 518 Å². The van der Waals surface area contributed by atoms with Crippen LogP contribution in [0.5, 0.6) is 5.75 Å². The Morgan fingerprint density at radius 1 is 0.403 bits per heavy atom. The van der Waals surface area contributed by atoms with Gasteiger partial charge < -0.3 is 103 Å². The summed E-state index contributed by atoms with van der Waals surface area (Å²) in [6.07, 6.45) is 15.6. The summed E-state index contributed by atoms with van der Waals surface area (Å²) >= 11 is 6.44. The van der Waals surface area contributed by atoms with Crippen molar-refractivity contribution in [2.24, 2.45) is 70.5 Å². The maximum absolute atomic E-state index is 14.1. The quantitative estimate of drug-likeness (QED) is 0.00973. The molecule has 12 heterocycles. The van der Waals surface area contributed by atoms with Gasteiger partial charge in [-0.1, -0.05) is 45.2 Å². The van der Waals surface area contributed by atoms with Crippen molar-refractivity contribution in [3.8, 4) is 5.75 Å². The number of amides is 9. The number of nitrogens with zero attached hydrogens (tertiary/aromatic N) is 17. The summed E-state index contributed by atoms with van der Waals surface area (Å²) < 4.78 is 14.9. The second-order valence-electron chi connectivity index (χ2n) is 33.9. The van der Waals surface area contributed by atoms with E-state index in [1.54, 1.807) is 112 Å². The first-order valence-corrected chi connectivity index (χ1v) is 44.0. The van der Waals surface area contributed by atoms with Gasteiger partial charge in [0.2, 0.25) is 46.7 Å². The SMILES string of the molecule is C.C.CC(=O)Nc1cn(C)c(C(=O)Nc2cn(C)c(C(=O)Nc3cn(C)c(C(=O)NCCC(=O)Nc4cn(C)c(C(=O)Nc5cc(C(=O)Nc6cc(C(=O)NCCCC(=O)Cc7cn(C)c(C(=O)Cc8cn(C)c(C(=O)Cc9cc(C(=O)CCCC(=O)Cc%10cc(C(=O)Cc%11ccc%12[nH]c(C(=O)N%13CC(CCl)c%14c%13cc(O)c%13ccccc%14%13)cc%12c%11)n(C)c%10)n(C)c9)n8)n7)n(C)c6)n(C)c5)n4)n3)n2)n1. The predicted molar refractivity (Wildman–Crippen MR) is 516 cm³/mol. The number of aromatic hydroxyl groups is 1. The number of nitrogens with one attached hydrogen (secondary N) is 9. The molecule has 0 saturated heterocycles. The molecular formula is C96H105ClN26O16. The van der Waals surface area contributed by atoms with Crippen molar-refractivity contribution in [1.29, 1.82) is 0 Å². The highest BCUT2D eigenvalue weighted by atomic mass is 35.5. The Kier molecular flexibility index (Phi) is 30.1. The minimum Gasteiger partial charge on any atom is -0.507 e. The fourth-order valence-electron chi connectivity index (χ4n) is 16.7. The van der Waals surface area contributed by atoms with Crippen LogP contribution in [0, 0.1) is 0 Å². The first-order chi connectivity index (χ1) is 65.3. The molecule has 139 heavy (non-hydrogen) atoms. The molecule has 15 rings (SSSR count). The fourth-order valence-corrected chi connectivity index (χ4v) is 17.0. The number of fused-ring (bicyclic) bond motifs is 4. The minimum atomic E-state index is -0.718. The maximum Gasteiger partial charge on any atom is 0.292 e. The van der Waals surface area contributed by atoms with Crippen molar-refractivity contribution in [3.63, 3.8) is 0 Å². The number of hydrogen-bond acceptors (Lipinski definition) is 22. The Balaban J connectivity index is 0.00000814. The molecule has 0 radical (unpaired) electrons. The number of hydrogen-bond donors (Lipinski definition) is 10. The molecule has 0 bridgehead atoms. The van der Waals surface area contributed by atoms with E-state index >= 15 is 0 Å². The summed E-state index contributed by atoms with van der Waals surface area (Å²) in [5, 5.41) is 34.3. The van der Waals surface area contributed by atoms with Crippen LogP contribution in [-0.2, 0) is 122 Å². The molecule has 1 aliphatic heterocycles. The molecule has 1 aliphatic rings. The number of carbonyl (C=O) groups is 15. The van der Waals surface area contributed by atoms with Crippen molar-refractivity contribution in [2.75, 3.05) is 62.3 Å². The Hall–Kier alpha value is -16.8. The molecule has 0 fully saturated rings. The number of anilines is 7. The number of phenolic OH excluding ortho intramolecular Hbond substituents is 1. The van der Waals surface area contributed by atoms with Crippen LogP contribution in [0.15, 0.2) is 141 Å². The summed E-state index contributed by atoms with van der Waals surface area (Å²) in [6.45, 7) is 1.63. The molecule has 10 N–H and O–H groups in total. The van der Waals surface area contributed by atoms with Gasteiger partial charge in [-0.05, 0) is 82.9 Å². The van der Waals surface area contributed by atoms with Gasteiger partial charge >= 0.3 is 0 Å². The second-order valence-corrected chi connectivity index (χ2v) is 34.2. The zero-order valence-corrected chi connectivity index (χ0v) is 77.3. The van der Waals surface area contributed by atoms with Gasteiger partial charge in [0, 0.05) is 238 Å². The highest BCUT2D eigenvalue weighted by Gasteiger charge is 2.37. The van der Waals surface area contributed by atoms with Crippen LogP contribution in [0.1, 0.15) is 216 Å². The smallest absolute Gasteiger partial charge is 0.292 e. The van der Waals surface area contributed by atoms with Crippen molar-refractivity contribution < 1.29 is 77.0 Å². The standard InChI is InChI=1S/C94H97ClN26O16.2CH4/c1-50(122)98-76-46-118(9)86(105-76)92(135)110-79-49-120(11)87(108-79)93(136)109-78-48-117(8)84(107-78)90(133)97-25-23-80(130)104-77-47-119(10)85(106-77)91(134)102-58-35-70(114(5)43-58)89(132)101-57-34-69(113(4)42-57)88(131)96-24-15-17-61(124)33-56-44-115(6)83(99-56)75(129)36-59-45-116(7)82(100-59)74(128)31-53-29-66(111(2)40-53)71(125)20-14-16-60(123)27-52-28-67(112(3)39-52)73(127)30-51-21-22-64-54(26-51)32-65(103-64)94(137)121-41-55(38-95)81-63-19-13-12-18-62(63)72(126)37-68(81)121;;/h12-13,18-19,21-22,26,28-29,32,34-35,37,39-40,42-49,55,103,126H,14-17,20,23-25,27,30-31,33,36,38,41H2,1-11H3,(H,96,131)(H,97,133)(H,98,122)(H,101,132)(H,102,134)(H,104,130)(H,109,136)(H,110,135);2*1H4. The third-order valence-electron chi connectivity index (χ3n) is 23.2. The lowest BCUT2D eigenvalue weighted by Crippen LogP contribution is -2.30. The molecule has 14 aromatic rings. The number of aromatic nitrogens is 17. The highest BCUT2D eigenvalue weighted by molar-refractivity contribution is 6.20. The van der Waals surface area contributed by atoms with Crippen LogP contribution in [-0.4, -0.2) is 199 Å². The van der Waals surface area contributed by atoms with Crippen LogP contribution in [0.25, 0.3) is 21.7 Å². The number of H-pyrrole nitrogens is 1. The zero-order valence-electron chi connectivity index (χ0n) is 76.5. The Bertz CT molecular complexity index is 7280.